The molecule has 1 amide bonds. The van der Waals surface area contributed by atoms with Gasteiger partial charge in [-0.05, 0) is 18.2 Å². The van der Waals surface area contributed by atoms with Crippen LogP contribution in [-0.4, -0.2) is 54.4 Å². The van der Waals surface area contributed by atoms with Crippen molar-refractivity contribution in [1.82, 2.24) is 0 Å². The SMILES string of the molecule is O=C(O)C=CC(=O)Nc1ccc(N2CCOCC2)c(C(=O)O)c1. The number of aromatic carboxylic acids is 1. The van der Waals surface area contributed by atoms with Crippen LogP contribution in [-0.2, 0) is 14.3 Å². The van der Waals surface area contributed by atoms with E-state index >= 15 is 0 Å². The Morgan fingerprint density at radius 3 is 2.43 bits per heavy atom. The highest BCUT2D eigenvalue weighted by molar-refractivity contribution is 6.03. The topological polar surface area (TPSA) is 116 Å². The van der Waals surface area contributed by atoms with Crippen LogP contribution in [0.1, 0.15) is 10.4 Å². The lowest BCUT2D eigenvalue weighted by Crippen LogP contribution is -2.37. The summed E-state index contributed by atoms with van der Waals surface area (Å²) in [5.74, 6) is -3.00. The zero-order valence-electron chi connectivity index (χ0n) is 12.2. The van der Waals surface area contributed by atoms with Crippen molar-refractivity contribution < 1.29 is 29.3 Å². The average Bonchev–Trinajstić information content (AvgIpc) is 2.53. The third kappa shape index (κ3) is 4.55. The van der Waals surface area contributed by atoms with Crippen molar-refractivity contribution in [2.75, 3.05) is 36.5 Å². The fourth-order valence-electron chi connectivity index (χ4n) is 2.20. The number of anilines is 2. The van der Waals surface area contributed by atoms with Gasteiger partial charge in [-0.1, -0.05) is 0 Å². The second-order valence-corrected chi connectivity index (χ2v) is 4.80. The van der Waals surface area contributed by atoms with Crippen molar-refractivity contribution in [2.24, 2.45) is 0 Å². The maximum atomic E-state index is 11.5. The molecule has 1 heterocycles. The Hall–Kier alpha value is -2.87. The number of carboxylic acid groups (broad SMARTS) is 2. The highest BCUT2D eigenvalue weighted by Crippen LogP contribution is 2.25. The van der Waals surface area contributed by atoms with Gasteiger partial charge in [-0.2, -0.15) is 0 Å². The first kappa shape index (κ1) is 16.5. The molecule has 2 rings (SSSR count). The Bertz CT molecular complexity index is 649. The summed E-state index contributed by atoms with van der Waals surface area (Å²) in [7, 11) is 0. The molecule has 23 heavy (non-hydrogen) atoms. The summed E-state index contributed by atoms with van der Waals surface area (Å²) in [5, 5.41) is 20.3. The number of nitrogens with one attached hydrogen (secondary N) is 1. The van der Waals surface area contributed by atoms with E-state index in [4.69, 9.17) is 9.84 Å². The summed E-state index contributed by atoms with van der Waals surface area (Å²) in [5.41, 5.74) is 0.895. The number of carbonyl (C=O) groups excluding carboxylic acids is 1. The van der Waals surface area contributed by atoms with Crippen LogP contribution in [0.25, 0.3) is 0 Å². The number of carbonyl (C=O) groups is 3. The summed E-state index contributed by atoms with van der Waals surface area (Å²) in [6.45, 7) is 2.23. The lowest BCUT2D eigenvalue weighted by atomic mass is 10.1. The quantitative estimate of drug-likeness (QED) is 0.687. The summed E-state index contributed by atoms with van der Waals surface area (Å²) in [4.78, 5) is 35.3. The molecule has 0 radical (unpaired) electrons. The molecule has 1 fully saturated rings. The number of nitrogens with zero attached hydrogens (tertiary/aromatic N) is 1. The monoisotopic (exact) mass is 320 g/mol. The van der Waals surface area contributed by atoms with Crippen LogP contribution in [0.4, 0.5) is 11.4 Å². The number of hydrogen-bond donors (Lipinski definition) is 3. The Morgan fingerprint density at radius 2 is 1.83 bits per heavy atom. The molecule has 8 nitrogen and oxygen atoms in total. The minimum absolute atomic E-state index is 0.0620. The van der Waals surface area contributed by atoms with Crippen LogP contribution >= 0.6 is 0 Å². The first-order valence-corrected chi connectivity index (χ1v) is 6.89. The molecule has 0 bridgehead atoms. The van der Waals surface area contributed by atoms with E-state index in [1.54, 1.807) is 12.1 Å². The van der Waals surface area contributed by atoms with Gasteiger partial charge in [0.2, 0.25) is 5.91 Å². The van der Waals surface area contributed by atoms with Gasteiger partial charge < -0.3 is 25.2 Å². The van der Waals surface area contributed by atoms with Crippen molar-refractivity contribution in [3.05, 3.63) is 35.9 Å². The van der Waals surface area contributed by atoms with E-state index in [-0.39, 0.29) is 11.3 Å². The maximum absolute atomic E-state index is 11.5. The van der Waals surface area contributed by atoms with Gasteiger partial charge in [0, 0.05) is 30.9 Å². The van der Waals surface area contributed by atoms with Crippen LogP contribution in [0.15, 0.2) is 30.4 Å². The molecule has 0 spiro atoms. The van der Waals surface area contributed by atoms with Gasteiger partial charge in [0.05, 0.1) is 24.5 Å². The largest absolute Gasteiger partial charge is 0.478 e. The molecule has 8 heteroatoms. The van der Waals surface area contributed by atoms with Gasteiger partial charge in [0.15, 0.2) is 0 Å². The molecular formula is C15H16N2O6. The third-order valence-electron chi connectivity index (χ3n) is 3.22. The van der Waals surface area contributed by atoms with E-state index in [0.29, 0.717) is 38.1 Å². The van der Waals surface area contributed by atoms with E-state index in [1.807, 2.05) is 4.90 Å². The van der Waals surface area contributed by atoms with Gasteiger partial charge in [0.1, 0.15) is 0 Å². The van der Waals surface area contributed by atoms with E-state index < -0.39 is 17.8 Å². The lowest BCUT2D eigenvalue weighted by molar-refractivity contribution is -0.131. The van der Waals surface area contributed by atoms with Crippen molar-refractivity contribution in [3.8, 4) is 0 Å². The molecule has 0 atom stereocenters. The third-order valence-corrected chi connectivity index (χ3v) is 3.22. The Kier molecular flexibility index (Phi) is 5.32. The highest BCUT2D eigenvalue weighted by atomic mass is 16.5. The number of morpholine rings is 1. The number of rotatable bonds is 5. The van der Waals surface area contributed by atoms with Crippen molar-refractivity contribution >= 4 is 29.2 Å². The van der Waals surface area contributed by atoms with E-state index in [0.717, 1.165) is 6.08 Å². The number of ether oxygens (including phenoxy) is 1. The molecule has 122 valence electrons. The predicted molar refractivity (Wildman–Crippen MR) is 81.8 cm³/mol. The number of carboxylic acids is 2. The van der Waals surface area contributed by atoms with Crippen LogP contribution < -0.4 is 10.2 Å². The van der Waals surface area contributed by atoms with Gasteiger partial charge in [-0.15, -0.1) is 0 Å². The molecule has 1 aromatic rings. The van der Waals surface area contributed by atoms with Crippen LogP contribution in [0, 0.1) is 0 Å². The molecule has 0 saturated carbocycles. The van der Waals surface area contributed by atoms with Crippen molar-refractivity contribution in [2.45, 2.75) is 0 Å². The fraction of sp³-hybridized carbons (Fsp3) is 0.267. The molecule has 0 aromatic heterocycles. The van der Waals surface area contributed by atoms with Crippen molar-refractivity contribution in [3.63, 3.8) is 0 Å². The minimum Gasteiger partial charge on any atom is -0.478 e. The molecule has 1 aromatic carbocycles. The molecule has 1 aliphatic rings. The molecule has 1 saturated heterocycles. The molecule has 1 aliphatic heterocycles. The average molecular weight is 320 g/mol. The van der Waals surface area contributed by atoms with Crippen LogP contribution in [0.5, 0.6) is 0 Å². The van der Waals surface area contributed by atoms with Gasteiger partial charge in [-0.25, -0.2) is 9.59 Å². The second kappa shape index (κ2) is 7.41. The summed E-state index contributed by atoms with van der Waals surface area (Å²) < 4.78 is 5.24. The zero-order chi connectivity index (χ0) is 16.8. The summed E-state index contributed by atoms with van der Waals surface area (Å²) >= 11 is 0. The van der Waals surface area contributed by atoms with Crippen molar-refractivity contribution in [1.29, 1.82) is 0 Å². The Morgan fingerprint density at radius 1 is 1.13 bits per heavy atom. The maximum Gasteiger partial charge on any atom is 0.337 e. The first-order chi connectivity index (χ1) is 11.0. The summed E-state index contributed by atoms with van der Waals surface area (Å²) in [6.07, 6.45) is 1.56. The Labute approximate surface area is 132 Å². The number of amides is 1. The normalized spacial score (nSPS) is 14.7. The first-order valence-electron chi connectivity index (χ1n) is 6.89. The van der Waals surface area contributed by atoms with E-state index in [9.17, 15) is 19.5 Å². The fourth-order valence-corrected chi connectivity index (χ4v) is 2.20. The molecular weight excluding hydrogens is 304 g/mol. The van der Waals surface area contributed by atoms with Gasteiger partial charge in [-0.3, -0.25) is 4.79 Å². The minimum atomic E-state index is -1.24. The number of aliphatic carboxylic acids is 1. The van der Waals surface area contributed by atoms with Gasteiger partial charge in [0.25, 0.3) is 0 Å². The van der Waals surface area contributed by atoms with Crippen LogP contribution in [0.2, 0.25) is 0 Å². The predicted octanol–water partition coefficient (Wildman–Crippen LogP) is 0.801. The van der Waals surface area contributed by atoms with Crippen LogP contribution in [0.3, 0.4) is 0 Å². The second-order valence-electron chi connectivity index (χ2n) is 4.80. The van der Waals surface area contributed by atoms with E-state index in [2.05, 4.69) is 5.32 Å². The molecule has 0 unspecified atom stereocenters. The molecule has 3 N–H and O–H groups in total. The highest BCUT2D eigenvalue weighted by Gasteiger charge is 2.19. The summed E-state index contributed by atoms with van der Waals surface area (Å²) in [6, 6.07) is 4.54. The van der Waals surface area contributed by atoms with E-state index in [1.165, 1.54) is 6.07 Å². The lowest BCUT2D eigenvalue weighted by Gasteiger charge is -2.30. The number of benzene rings is 1. The standard InChI is InChI=1S/C15H16N2O6/c18-13(3-4-14(19)20)16-10-1-2-12(11(9-10)15(21)22)17-5-7-23-8-6-17/h1-4,9H,5-8H2,(H,16,18)(H,19,20)(H,21,22). The Balaban J connectivity index is 2.20. The zero-order valence-corrected chi connectivity index (χ0v) is 12.2. The molecule has 0 aliphatic carbocycles. The smallest absolute Gasteiger partial charge is 0.337 e. The van der Waals surface area contributed by atoms with Gasteiger partial charge >= 0.3 is 11.9 Å². The number of hydrogen-bond acceptors (Lipinski definition) is 5.